The number of aromatic nitrogens is 1. The van der Waals surface area contributed by atoms with Crippen LogP contribution in [-0.4, -0.2) is 12.1 Å². The van der Waals surface area contributed by atoms with Crippen LogP contribution in [0.15, 0.2) is 59.5 Å². The first kappa shape index (κ1) is 17.3. The summed E-state index contributed by atoms with van der Waals surface area (Å²) in [5, 5.41) is 2.67. The molecule has 2 N–H and O–H groups in total. The second kappa shape index (κ2) is 8.55. The topological polar surface area (TPSA) is 61.1 Å². The molecule has 3 aromatic rings. The summed E-state index contributed by atoms with van der Waals surface area (Å²) in [7, 11) is 1.61. The standard InChI is InChI=1S/C19H19ClN2O3/c1-23-18-9-15(11-22-12-16-5-3-7-24-16)8-17(20)19(18)25-13-14-4-2-6-21-10-14/h2-10,22H,11-13H2,1H3/p+1. The van der Waals surface area contributed by atoms with Gasteiger partial charge in [-0.15, -0.1) is 0 Å². The lowest BCUT2D eigenvalue weighted by molar-refractivity contribution is -0.688. The summed E-state index contributed by atoms with van der Waals surface area (Å²) in [5.74, 6) is 2.11. The largest absolute Gasteiger partial charge is 0.493 e. The van der Waals surface area contributed by atoms with E-state index in [4.69, 9.17) is 25.5 Å². The number of hydrogen-bond donors (Lipinski definition) is 1. The van der Waals surface area contributed by atoms with E-state index in [-0.39, 0.29) is 0 Å². The predicted molar refractivity (Wildman–Crippen MR) is 94.6 cm³/mol. The lowest BCUT2D eigenvalue weighted by Crippen LogP contribution is -2.80. The minimum Gasteiger partial charge on any atom is -0.493 e. The van der Waals surface area contributed by atoms with Crippen LogP contribution in [0.2, 0.25) is 5.02 Å². The van der Waals surface area contributed by atoms with E-state index in [1.54, 1.807) is 25.8 Å². The fourth-order valence-corrected chi connectivity index (χ4v) is 2.77. The van der Waals surface area contributed by atoms with Crippen molar-refractivity contribution in [2.75, 3.05) is 7.11 Å². The summed E-state index contributed by atoms with van der Waals surface area (Å²) in [6, 6.07) is 11.5. The maximum absolute atomic E-state index is 6.40. The summed E-state index contributed by atoms with van der Waals surface area (Å²) in [5.41, 5.74) is 2.03. The zero-order valence-electron chi connectivity index (χ0n) is 13.9. The van der Waals surface area contributed by atoms with Gasteiger partial charge in [-0.2, -0.15) is 0 Å². The maximum atomic E-state index is 6.40. The van der Waals surface area contributed by atoms with Gasteiger partial charge in [0.2, 0.25) is 0 Å². The number of benzene rings is 1. The highest BCUT2D eigenvalue weighted by Gasteiger charge is 2.13. The van der Waals surface area contributed by atoms with Gasteiger partial charge in [-0.05, 0) is 30.3 Å². The molecule has 0 spiro atoms. The van der Waals surface area contributed by atoms with Gasteiger partial charge in [0.25, 0.3) is 0 Å². The third-order valence-electron chi connectivity index (χ3n) is 3.70. The van der Waals surface area contributed by atoms with Gasteiger partial charge in [0.15, 0.2) is 17.3 Å². The normalized spacial score (nSPS) is 10.6. The summed E-state index contributed by atoms with van der Waals surface area (Å²) < 4.78 is 16.6. The van der Waals surface area contributed by atoms with Crippen molar-refractivity contribution in [3.8, 4) is 11.5 Å². The first-order chi connectivity index (χ1) is 12.3. The van der Waals surface area contributed by atoms with E-state index >= 15 is 0 Å². The lowest BCUT2D eigenvalue weighted by Gasteiger charge is -2.14. The molecular weight excluding hydrogens is 340 g/mol. The van der Waals surface area contributed by atoms with Crippen molar-refractivity contribution in [3.63, 3.8) is 0 Å². The van der Waals surface area contributed by atoms with Crippen LogP contribution in [0.4, 0.5) is 0 Å². The molecule has 0 aliphatic heterocycles. The second-order valence-electron chi connectivity index (χ2n) is 5.54. The monoisotopic (exact) mass is 359 g/mol. The Kier molecular flexibility index (Phi) is 5.93. The number of rotatable bonds is 8. The Bertz CT molecular complexity index is 792. The number of ether oxygens (including phenoxy) is 2. The number of nitrogens with zero attached hydrogens (tertiary/aromatic N) is 1. The van der Waals surface area contributed by atoms with Crippen molar-refractivity contribution in [1.82, 2.24) is 4.98 Å². The van der Waals surface area contributed by atoms with Crippen molar-refractivity contribution in [1.29, 1.82) is 0 Å². The van der Waals surface area contributed by atoms with Gasteiger partial charge in [0, 0.05) is 23.5 Å². The summed E-state index contributed by atoms with van der Waals surface area (Å²) in [4.78, 5) is 4.07. The van der Waals surface area contributed by atoms with Crippen molar-refractivity contribution >= 4 is 11.6 Å². The average molecular weight is 360 g/mol. The van der Waals surface area contributed by atoms with Gasteiger partial charge in [-0.25, -0.2) is 0 Å². The highest BCUT2D eigenvalue weighted by molar-refractivity contribution is 6.32. The van der Waals surface area contributed by atoms with Gasteiger partial charge < -0.3 is 19.2 Å². The molecule has 130 valence electrons. The third kappa shape index (κ3) is 4.75. The molecule has 3 rings (SSSR count). The molecule has 5 nitrogen and oxygen atoms in total. The molecule has 0 fully saturated rings. The van der Waals surface area contributed by atoms with E-state index < -0.39 is 0 Å². The van der Waals surface area contributed by atoms with Crippen LogP contribution in [0, 0.1) is 0 Å². The Morgan fingerprint density at radius 1 is 1.16 bits per heavy atom. The molecule has 0 atom stereocenters. The molecule has 0 amide bonds. The first-order valence-corrected chi connectivity index (χ1v) is 8.36. The van der Waals surface area contributed by atoms with E-state index in [0.717, 1.165) is 30.0 Å². The van der Waals surface area contributed by atoms with Crippen LogP contribution in [0.1, 0.15) is 16.9 Å². The van der Waals surface area contributed by atoms with Crippen molar-refractivity contribution in [2.45, 2.75) is 19.7 Å². The summed E-state index contributed by atoms with van der Waals surface area (Å²) >= 11 is 6.40. The summed E-state index contributed by atoms with van der Waals surface area (Å²) in [6.45, 7) is 1.92. The van der Waals surface area contributed by atoms with Gasteiger partial charge in [0.1, 0.15) is 19.7 Å². The molecule has 6 heteroatoms. The number of hydrogen-bond acceptors (Lipinski definition) is 4. The minimum absolute atomic E-state index is 0.383. The highest BCUT2D eigenvalue weighted by Crippen LogP contribution is 2.36. The molecule has 25 heavy (non-hydrogen) atoms. The number of halogens is 1. The molecule has 1 aromatic carbocycles. The van der Waals surface area contributed by atoms with Crippen LogP contribution in [0.25, 0.3) is 0 Å². The Morgan fingerprint density at radius 2 is 2.08 bits per heavy atom. The molecule has 0 saturated carbocycles. The van der Waals surface area contributed by atoms with Crippen molar-refractivity contribution in [2.24, 2.45) is 0 Å². The molecular formula is C19H20ClN2O3+. The van der Waals surface area contributed by atoms with Crippen LogP contribution < -0.4 is 14.8 Å². The van der Waals surface area contributed by atoms with Gasteiger partial charge in [0.05, 0.1) is 18.4 Å². The molecule has 0 radical (unpaired) electrons. The van der Waals surface area contributed by atoms with E-state index in [0.29, 0.717) is 23.1 Å². The lowest BCUT2D eigenvalue weighted by atomic mass is 10.2. The zero-order chi connectivity index (χ0) is 17.5. The van der Waals surface area contributed by atoms with E-state index in [9.17, 15) is 0 Å². The fraction of sp³-hybridized carbons (Fsp3) is 0.211. The smallest absolute Gasteiger partial charge is 0.180 e. The Labute approximate surface area is 151 Å². The molecule has 2 heterocycles. The maximum Gasteiger partial charge on any atom is 0.180 e. The highest BCUT2D eigenvalue weighted by atomic mass is 35.5. The number of pyridine rings is 1. The number of quaternary nitrogens is 1. The van der Waals surface area contributed by atoms with Crippen LogP contribution >= 0.6 is 11.6 Å². The number of furan rings is 1. The first-order valence-electron chi connectivity index (χ1n) is 7.98. The van der Waals surface area contributed by atoms with Crippen LogP contribution in [0.5, 0.6) is 11.5 Å². The molecule has 0 bridgehead atoms. The quantitative estimate of drug-likeness (QED) is 0.671. The zero-order valence-corrected chi connectivity index (χ0v) is 14.7. The Hall–Kier alpha value is -2.50. The number of nitrogens with two attached hydrogens (primary N) is 1. The van der Waals surface area contributed by atoms with Crippen molar-refractivity contribution < 1.29 is 19.2 Å². The van der Waals surface area contributed by atoms with Crippen LogP contribution in [0.3, 0.4) is 0 Å². The predicted octanol–water partition coefficient (Wildman–Crippen LogP) is 3.18. The Balaban J connectivity index is 1.65. The SMILES string of the molecule is COc1cc(C[NH2+]Cc2ccco2)cc(Cl)c1OCc1cccnc1. The molecule has 0 unspecified atom stereocenters. The van der Waals surface area contributed by atoms with E-state index in [2.05, 4.69) is 10.3 Å². The van der Waals surface area contributed by atoms with E-state index in [1.165, 1.54) is 0 Å². The summed E-state index contributed by atoms with van der Waals surface area (Å²) in [6.07, 6.45) is 5.17. The average Bonchev–Trinajstić information content (AvgIpc) is 3.15. The Morgan fingerprint density at radius 3 is 2.80 bits per heavy atom. The van der Waals surface area contributed by atoms with Crippen LogP contribution in [-0.2, 0) is 19.7 Å². The third-order valence-corrected chi connectivity index (χ3v) is 3.98. The molecule has 2 aromatic heterocycles. The second-order valence-corrected chi connectivity index (χ2v) is 5.94. The number of methoxy groups -OCH3 is 1. The molecule has 0 aliphatic carbocycles. The van der Waals surface area contributed by atoms with Crippen molar-refractivity contribution in [3.05, 3.63) is 77.0 Å². The fourth-order valence-electron chi connectivity index (χ4n) is 2.48. The molecule has 0 aliphatic rings. The van der Waals surface area contributed by atoms with Gasteiger partial charge >= 0.3 is 0 Å². The van der Waals surface area contributed by atoms with Gasteiger partial charge in [-0.1, -0.05) is 17.7 Å². The van der Waals surface area contributed by atoms with E-state index in [1.807, 2.05) is 36.4 Å². The van der Waals surface area contributed by atoms with Gasteiger partial charge in [-0.3, -0.25) is 4.98 Å². The minimum atomic E-state index is 0.383. The molecule has 0 saturated heterocycles.